The SMILES string of the molecule is CC1CCCC(C)(C)C1C(=O)NCCc1cc(Cl)cc(I)c1. The van der Waals surface area contributed by atoms with E-state index in [1.807, 2.05) is 12.1 Å². The number of carbonyl (C=O) groups is 1. The second-order valence-electron chi connectivity index (χ2n) is 7.15. The Morgan fingerprint density at radius 1 is 1.41 bits per heavy atom. The molecule has 1 N–H and O–H groups in total. The second-order valence-corrected chi connectivity index (χ2v) is 8.84. The van der Waals surface area contributed by atoms with Gasteiger partial charge in [-0.3, -0.25) is 4.79 Å². The van der Waals surface area contributed by atoms with Gasteiger partial charge in [-0.1, -0.05) is 38.8 Å². The zero-order chi connectivity index (χ0) is 16.3. The van der Waals surface area contributed by atoms with Crippen LogP contribution in [0.2, 0.25) is 5.02 Å². The first kappa shape index (κ1) is 18.1. The lowest BCUT2D eigenvalue weighted by molar-refractivity contribution is -0.132. The lowest BCUT2D eigenvalue weighted by atomic mass is 9.64. The quantitative estimate of drug-likeness (QED) is 0.660. The third kappa shape index (κ3) is 4.60. The van der Waals surface area contributed by atoms with Crippen molar-refractivity contribution in [3.05, 3.63) is 32.4 Å². The summed E-state index contributed by atoms with van der Waals surface area (Å²) in [5.74, 6) is 0.811. The summed E-state index contributed by atoms with van der Waals surface area (Å²) in [5, 5.41) is 3.90. The number of hydrogen-bond acceptors (Lipinski definition) is 1. The summed E-state index contributed by atoms with van der Waals surface area (Å²) in [4.78, 5) is 12.6. The van der Waals surface area contributed by atoms with Gasteiger partial charge in [0.1, 0.15) is 0 Å². The highest BCUT2D eigenvalue weighted by molar-refractivity contribution is 14.1. The Hall–Kier alpha value is -0.290. The van der Waals surface area contributed by atoms with Crippen molar-refractivity contribution in [2.75, 3.05) is 6.54 Å². The fourth-order valence-electron chi connectivity index (χ4n) is 3.78. The number of nitrogens with one attached hydrogen (secondary N) is 1. The summed E-state index contributed by atoms with van der Waals surface area (Å²) in [6.45, 7) is 7.34. The Kier molecular flexibility index (Phi) is 6.17. The molecule has 1 aromatic rings. The van der Waals surface area contributed by atoms with E-state index in [0.717, 1.165) is 27.9 Å². The van der Waals surface area contributed by atoms with Gasteiger partial charge in [-0.15, -0.1) is 0 Å². The molecule has 1 fully saturated rings. The standard InChI is InChI=1S/C18H25ClINO/c1-12-5-4-7-18(2,3)16(12)17(22)21-8-6-13-9-14(19)11-15(20)10-13/h9-12,16H,4-8H2,1-3H3,(H,21,22). The minimum Gasteiger partial charge on any atom is -0.356 e. The van der Waals surface area contributed by atoms with Gasteiger partial charge in [0.05, 0.1) is 0 Å². The van der Waals surface area contributed by atoms with Gasteiger partial charge in [0.2, 0.25) is 5.91 Å². The molecule has 0 aromatic heterocycles. The normalized spacial score (nSPS) is 24.0. The van der Waals surface area contributed by atoms with Crippen molar-refractivity contribution in [1.82, 2.24) is 5.32 Å². The van der Waals surface area contributed by atoms with Crippen molar-refractivity contribution >= 4 is 40.1 Å². The van der Waals surface area contributed by atoms with Crippen LogP contribution >= 0.6 is 34.2 Å². The first-order valence-corrected chi connectivity index (χ1v) is 9.48. The van der Waals surface area contributed by atoms with Crippen LogP contribution in [0.25, 0.3) is 0 Å². The van der Waals surface area contributed by atoms with Gasteiger partial charge in [0.15, 0.2) is 0 Å². The van der Waals surface area contributed by atoms with E-state index < -0.39 is 0 Å². The maximum absolute atomic E-state index is 12.6. The van der Waals surface area contributed by atoms with Gasteiger partial charge in [0.25, 0.3) is 0 Å². The van der Waals surface area contributed by atoms with Crippen molar-refractivity contribution in [2.45, 2.75) is 46.5 Å². The first-order valence-electron chi connectivity index (χ1n) is 8.02. The molecule has 0 saturated heterocycles. The summed E-state index contributed by atoms with van der Waals surface area (Å²) in [7, 11) is 0. The van der Waals surface area contributed by atoms with Crippen LogP contribution in [0.4, 0.5) is 0 Å². The summed E-state index contributed by atoms with van der Waals surface area (Å²) < 4.78 is 1.13. The van der Waals surface area contributed by atoms with Gasteiger partial charge in [-0.25, -0.2) is 0 Å². The Bertz CT molecular complexity index is 524. The summed E-state index contributed by atoms with van der Waals surface area (Å²) in [5.41, 5.74) is 1.28. The van der Waals surface area contributed by atoms with Crippen molar-refractivity contribution in [2.24, 2.45) is 17.3 Å². The number of benzene rings is 1. The predicted molar refractivity (Wildman–Crippen MR) is 101 cm³/mol. The van der Waals surface area contributed by atoms with E-state index in [-0.39, 0.29) is 17.2 Å². The first-order chi connectivity index (χ1) is 10.3. The van der Waals surface area contributed by atoms with Crippen LogP contribution < -0.4 is 5.32 Å². The zero-order valence-electron chi connectivity index (χ0n) is 13.6. The maximum atomic E-state index is 12.6. The molecule has 4 heteroatoms. The average Bonchev–Trinajstić information content (AvgIpc) is 2.36. The molecule has 122 valence electrons. The fourth-order valence-corrected chi connectivity index (χ4v) is 4.96. The summed E-state index contributed by atoms with van der Waals surface area (Å²) in [6, 6.07) is 6.03. The molecule has 1 aliphatic rings. The van der Waals surface area contributed by atoms with Crippen LogP contribution in [-0.4, -0.2) is 12.5 Å². The Balaban J connectivity index is 1.92. The zero-order valence-corrected chi connectivity index (χ0v) is 16.5. The van der Waals surface area contributed by atoms with Crippen molar-refractivity contribution in [3.8, 4) is 0 Å². The van der Waals surface area contributed by atoms with Crippen molar-refractivity contribution in [3.63, 3.8) is 0 Å². The highest BCUT2D eigenvalue weighted by atomic mass is 127. The fraction of sp³-hybridized carbons (Fsp3) is 0.611. The van der Waals surface area contributed by atoms with Gasteiger partial charge < -0.3 is 5.32 Å². The van der Waals surface area contributed by atoms with Gasteiger partial charge in [0, 0.05) is 21.1 Å². The molecule has 1 amide bonds. The topological polar surface area (TPSA) is 29.1 Å². The highest BCUT2D eigenvalue weighted by Crippen LogP contribution is 2.43. The monoisotopic (exact) mass is 433 g/mol. The molecule has 22 heavy (non-hydrogen) atoms. The number of halogens is 2. The number of amides is 1. The molecule has 2 atom stereocenters. The molecular formula is C18H25ClINO. The lowest BCUT2D eigenvalue weighted by Crippen LogP contribution is -2.45. The van der Waals surface area contributed by atoms with Gasteiger partial charge in [-0.2, -0.15) is 0 Å². The Morgan fingerprint density at radius 2 is 2.14 bits per heavy atom. The Labute approximate surface area is 152 Å². The van der Waals surface area contributed by atoms with E-state index >= 15 is 0 Å². The lowest BCUT2D eigenvalue weighted by Gasteiger charge is -2.41. The van der Waals surface area contributed by atoms with Crippen LogP contribution in [0.5, 0.6) is 0 Å². The average molecular weight is 434 g/mol. The highest BCUT2D eigenvalue weighted by Gasteiger charge is 2.41. The van der Waals surface area contributed by atoms with E-state index in [1.54, 1.807) is 0 Å². The summed E-state index contributed by atoms with van der Waals surface area (Å²) in [6.07, 6.45) is 4.36. The van der Waals surface area contributed by atoms with Crippen molar-refractivity contribution < 1.29 is 4.79 Å². The molecule has 0 heterocycles. The van der Waals surface area contributed by atoms with E-state index in [1.165, 1.54) is 12.0 Å². The predicted octanol–water partition coefficient (Wildman–Crippen LogP) is 5.07. The minimum absolute atomic E-state index is 0.104. The van der Waals surface area contributed by atoms with E-state index in [9.17, 15) is 4.79 Å². The van der Waals surface area contributed by atoms with Crippen LogP contribution in [0.3, 0.4) is 0 Å². The second kappa shape index (κ2) is 7.52. The smallest absolute Gasteiger partial charge is 0.223 e. The third-order valence-electron chi connectivity index (χ3n) is 4.81. The van der Waals surface area contributed by atoms with E-state index in [2.05, 4.69) is 54.7 Å². The third-order valence-corrected chi connectivity index (χ3v) is 5.65. The van der Waals surface area contributed by atoms with Gasteiger partial charge in [-0.05, 0) is 76.9 Å². The van der Waals surface area contributed by atoms with Crippen LogP contribution in [0, 0.1) is 20.8 Å². The molecule has 0 aliphatic heterocycles. The Morgan fingerprint density at radius 3 is 2.77 bits per heavy atom. The van der Waals surface area contributed by atoms with E-state index in [4.69, 9.17) is 11.6 Å². The molecule has 1 saturated carbocycles. The molecule has 2 rings (SSSR count). The summed E-state index contributed by atoms with van der Waals surface area (Å²) >= 11 is 8.34. The number of carbonyl (C=O) groups excluding carboxylic acids is 1. The molecule has 0 spiro atoms. The minimum atomic E-state index is 0.104. The van der Waals surface area contributed by atoms with Crippen LogP contribution in [0.1, 0.15) is 45.6 Å². The van der Waals surface area contributed by atoms with Gasteiger partial charge >= 0.3 is 0 Å². The molecular weight excluding hydrogens is 409 g/mol. The van der Waals surface area contributed by atoms with Crippen LogP contribution in [-0.2, 0) is 11.2 Å². The van der Waals surface area contributed by atoms with Crippen LogP contribution in [0.15, 0.2) is 18.2 Å². The molecule has 1 aromatic carbocycles. The molecule has 1 aliphatic carbocycles. The maximum Gasteiger partial charge on any atom is 0.223 e. The molecule has 2 nitrogen and oxygen atoms in total. The largest absolute Gasteiger partial charge is 0.356 e. The number of hydrogen-bond donors (Lipinski definition) is 1. The molecule has 2 unspecified atom stereocenters. The molecule has 0 bridgehead atoms. The van der Waals surface area contributed by atoms with E-state index in [0.29, 0.717) is 12.5 Å². The molecule has 0 radical (unpaired) electrons. The number of rotatable bonds is 4. The van der Waals surface area contributed by atoms with Crippen molar-refractivity contribution in [1.29, 1.82) is 0 Å².